The topological polar surface area (TPSA) is 38.8 Å². The standard InChI is InChI=1S/C18H19NO3/c1-2-11-19(12-14-7-4-3-5-8-14)18(20)15-9-6-10-16-17(15)22-13-21-16/h3-10H,2,11-13H2,1H3. The smallest absolute Gasteiger partial charge is 0.258 e. The second-order valence-electron chi connectivity index (χ2n) is 5.25. The molecule has 114 valence electrons. The number of fused-ring (bicyclic) bond motifs is 1. The summed E-state index contributed by atoms with van der Waals surface area (Å²) in [7, 11) is 0. The van der Waals surface area contributed by atoms with Gasteiger partial charge in [-0.25, -0.2) is 0 Å². The minimum atomic E-state index is -0.0203. The van der Waals surface area contributed by atoms with Crippen LogP contribution in [0.2, 0.25) is 0 Å². The van der Waals surface area contributed by atoms with Crippen molar-refractivity contribution in [2.45, 2.75) is 19.9 Å². The minimum Gasteiger partial charge on any atom is -0.454 e. The summed E-state index contributed by atoms with van der Waals surface area (Å²) in [5.41, 5.74) is 1.69. The maximum atomic E-state index is 12.9. The van der Waals surface area contributed by atoms with Gasteiger partial charge in [0.25, 0.3) is 5.91 Å². The molecule has 0 atom stereocenters. The first-order valence-electron chi connectivity index (χ1n) is 7.51. The van der Waals surface area contributed by atoms with E-state index < -0.39 is 0 Å². The molecule has 0 saturated heterocycles. The molecule has 0 spiro atoms. The van der Waals surface area contributed by atoms with Gasteiger partial charge in [0.1, 0.15) is 0 Å². The Labute approximate surface area is 130 Å². The van der Waals surface area contributed by atoms with Crippen LogP contribution < -0.4 is 9.47 Å². The van der Waals surface area contributed by atoms with Crippen LogP contribution in [0.3, 0.4) is 0 Å². The van der Waals surface area contributed by atoms with E-state index in [1.807, 2.05) is 47.4 Å². The molecule has 0 unspecified atom stereocenters. The first-order valence-corrected chi connectivity index (χ1v) is 7.51. The van der Waals surface area contributed by atoms with Gasteiger partial charge in [-0.2, -0.15) is 0 Å². The Bertz CT molecular complexity index is 655. The van der Waals surface area contributed by atoms with E-state index in [-0.39, 0.29) is 12.7 Å². The van der Waals surface area contributed by atoms with Gasteiger partial charge in [0.05, 0.1) is 5.56 Å². The normalized spacial score (nSPS) is 12.2. The second kappa shape index (κ2) is 6.52. The molecule has 0 radical (unpaired) electrons. The number of nitrogens with zero attached hydrogens (tertiary/aromatic N) is 1. The van der Waals surface area contributed by atoms with E-state index in [0.29, 0.717) is 30.2 Å². The third-order valence-electron chi connectivity index (χ3n) is 3.62. The summed E-state index contributed by atoms with van der Waals surface area (Å²) in [6.45, 7) is 3.54. The van der Waals surface area contributed by atoms with Gasteiger partial charge in [-0.1, -0.05) is 43.3 Å². The highest BCUT2D eigenvalue weighted by Gasteiger charge is 2.25. The van der Waals surface area contributed by atoms with E-state index in [4.69, 9.17) is 9.47 Å². The fourth-order valence-electron chi connectivity index (χ4n) is 2.60. The number of para-hydroxylation sites is 1. The summed E-state index contributed by atoms with van der Waals surface area (Å²) >= 11 is 0. The highest BCUT2D eigenvalue weighted by atomic mass is 16.7. The van der Waals surface area contributed by atoms with E-state index in [1.165, 1.54) is 0 Å². The molecule has 2 aromatic carbocycles. The molecular weight excluding hydrogens is 278 g/mol. The number of hydrogen-bond donors (Lipinski definition) is 0. The lowest BCUT2D eigenvalue weighted by Crippen LogP contribution is -2.31. The SMILES string of the molecule is CCCN(Cc1ccccc1)C(=O)c1cccc2c1OCO2. The quantitative estimate of drug-likeness (QED) is 0.848. The summed E-state index contributed by atoms with van der Waals surface area (Å²) in [6, 6.07) is 15.5. The van der Waals surface area contributed by atoms with E-state index in [2.05, 4.69) is 6.92 Å². The number of rotatable bonds is 5. The van der Waals surface area contributed by atoms with Gasteiger partial charge in [-0.05, 0) is 24.1 Å². The van der Waals surface area contributed by atoms with Crippen molar-refractivity contribution in [3.8, 4) is 11.5 Å². The van der Waals surface area contributed by atoms with Crippen LogP contribution in [0, 0.1) is 0 Å². The zero-order chi connectivity index (χ0) is 15.4. The Kier molecular flexibility index (Phi) is 4.28. The number of ether oxygens (including phenoxy) is 2. The Balaban J connectivity index is 1.85. The van der Waals surface area contributed by atoms with Gasteiger partial charge in [0.2, 0.25) is 6.79 Å². The summed E-state index contributed by atoms with van der Waals surface area (Å²) in [6.07, 6.45) is 0.908. The lowest BCUT2D eigenvalue weighted by molar-refractivity contribution is 0.0738. The fraction of sp³-hybridized carbons (Fsp3) is 0.278. The number of carbonyl (C=O) groups excluding carboxylic acids is 1. The summed E-state index contributed by atoms with van der Waals surface area (Å²) in [4.78, 5) is 14.7. The molecular formula is C18H19NO3. The highest BCUT2D eigenvalue weighted by Crippen LogP contribution is 2.36. The minimum absolute atomic E-state index is 0.0203. The largest absolute Gasteiger partial charge is 0.454 e. The van der Waals surface area contributed by atoms with Crippen molar-refractivity contribution in [1.82, 2.24) is 4.90 Å². The predicted molar refractivity (Wildman–Crippen MR) is 84.0 cm³/mol. The Morgan fingerprint density at radius 1 is 1.09 bits per heavy atom. The van der Waals surface area contributed by atoms with Crippen LogP contribution in [-0.4, -0.2) is 24.1 Å². The van der Waals surface area contributed by atoms with Crippen molar-refractivity contribution in [2.24, 2.45) is 0 Å². The molecule has 4 heteroatoms. The van der Waals surface area contributed by atoms with Crippen LogP contribution in [0.1, 0.15) is 29.3 Å². The van der Waals surface area contributed by atoms with Gasteiger partial charge in [-0.15, -0.1) is 0 Å². The summed E-state index contributed by atoms with van der Waals surface area (Å²) in [5, 5.41) is 0. The van der Waals surface area contributed by atoms with Crippen LogP contribution in [0.25, 0.3) is 0 Å². The van der Waals surface area contributed by atoms with Crippen LogP contribution in [-0.2, 0) is 6.54 Å². The van der Waals surface area contributed by atoms with E-state index >= 15 is 0 Å². The molecule has 2 aromatic rings. The molecule has 0 N–H and O–H groups in total. The average molecular weight is 297 g/mol. The number of carbonyl (C=O) groups is 1. The Morgan fingerprint density at radius 2 is 1.91 bits per heavy atom. The first-order chi connectivity index (χ1) is 10.8. The lowest BCUT2D eigenvalue weighted by atomic mass is 10.1. The number of hydrogen-bond acceptors (Lipinski definition) is 3. The van der Waals surface area contributed by atoms with Crippen molar-refractivity contribution in [3.05, 3.63) is 59.7 Å². The van der Waals surface area contributed by atoms with Crippen molar-refractivity contribution in [2.75, 3.05) is 13.3 Å². The van der Waals surface area contributed by atoms with E-state index in [1.54, 1.807) is 6.07 Å². The van der Waals surface area contributed by atoms with Crippen LogP contribution >= 0.6 is 0 Å². The van der Waals surface area contributed by atoms with Gasteiger partial charge >= 0.3 is 0 Å². The maximum Gasteiger partial charge on any atom is 0.258 e. The Morgan fingerprint density at radius 3 is 2.68 bits per heavy atom. The van der Waals surface area contributed by atoms with E-state index in [0.717, 1.165) is 12.0 Å². The van der Waals surface area contributed by atoms with Crippen molar-refractivity contribution in [3.63, 3.8) is 0 Å². The van der Waals surface area contributed by atoms with Crippen LogP contribution in [0.15, 0.2) is 48.5 Å². The van der Waals surface area contributed by atoms with Crippen molar-refractivity contribution in [1.29, 1.82) is 0 Å². The molecule has 1 amide bonds. The van der Waals surface area contributed by atoms with Crippen LogP contribution in [0.4, 0.5) is 0 Å². The second-order valence-corrected chi connectivity index (χ2v) is 5.25. The van der Waals surface area contributed by atoms with Gasteiger partial charge in [0.15, 0.2) is 11.5 Å². The molecule has 22 heavy (non-hydrogen) atoms. The third-order valence-corrected chi connectivity index (χ3v) is 3.62. The van der Waals surface area contributed by atoms with Gasteiger partial charge in [-0.3, -0.25) is 4.79 Å². The summed E-state index contributed by atoms with van der Waals surface area (Å²) < 4.78 is 10.8. The molecule has 1 aliphatic rings. The van der Waals surface area contributed by atoms with Crippen molar-refractivity contribution < 1.29 is 14.3 Å². The fourth-order valence-corrected chi connectivity index (χ4v) is 2.60. The molecule has 0 saturated carbocycles. The molecule has 4 nitrogen and oxygen atoms in total. The number of benzene rings is 2. The maximum absolute atomic E-state index is 12.9. The zero-order valence-corrected chi connectivity index (χ0v) is 12.6. The lowest BCUT2D eigenvalue weighted by Gasteiger charge is -2.23. The Hall–Kier alpha value is -2.49. The molecule has 0 bridgehead atoms. The highest BCUT2D eigenvalue weighted by molar-refractivity contribution is 5.98. The molecule has 0 aliphatic carbocycles. The summed E-state index contributed by atoms with van der Waals surface area (Å²) in [5.74, 6) is 1.18. The van der Waals surface area contributed by atoms with Crippen LogP contribution in [0.5, 0.6) is 11.5 Å². The molecule has 3 rings (SSSR count). The molecule has 1 heterocycles. The average Bonchev–Trinajstić information content (AvgIpc) is 3.03. The van der Waals surface area contributed by atoms with Gasteiger partial charge < -0.3 is 14.4 Å². The third kappa shape index (κ3) is 2.91. The monoisotopic (exact) mass is 297 g/mol. The number of amides is 1. The van der Waals surface area contributed by atoms with Gasteiger partial charge in [0, 0.05) is 13.1 Å². The molecule has 1 aliphatic heterocycles. The zero-order valence-electron chi connectivity index (χ0n) is 12.6. The molecule has 0 fully saturated rings. The molecule has 0 aromatic heterocycles. The van der Waals surface area contributed by atoms with Crippen molar-refractivity contribution >= 4 is 5.91 Å². The van der Waals surface area contributed by atoms with E-state index in [9.17, 15) is 4.79 Å². The first kappa shape index (κ1) is 14.4. The predicted octanol–water partition coefficient (Wildman–Crippen LogP) is 3.47.